The largest absolute Gasteiger partial charge is 0.398 e. The van der Waals surface area contributed by atoms with Gasteiger partial charge in [-0.15, -0.1) is 0 Å². The topological polar surface area (TPSA) is 67.3 Å². The van der Waals surface area contributed by atoms with Crippen LogP contribution in [0.4, 0.5) is 11.4 Å². The first-order valence-electron chi connectivity index (χ1n) is 7.13. The predicted molar refractivity (Wildman–Crippen MR) is 84.4 cm³/mol. The van der Waals surface area contributed by atoms with Gasteiger partial charge in [-0.05, 0) is 50.2 Å². The first kappa shape index (κ1) is 15.8. The molecule has 0 aliphatic heterocycles. The van der Waals surface area contributed by atoms with Crippen LogP contribution in [0.5, 0.6) is 0 Å². The first-order chi connectivity index (χ1) is 9.19. The molecule has 0 unspecified atom stereocenters. The molecule has 4 heteroatoms. The van der Waals surface area contributed by atoms with Crippen LogP contribution in [0.3, 0.4) is 0 Å². The molecular weight excluding hydrogens is 236 g/mol. The summed E-state index contributed by atoms with van der Waals surface area (Å²) in [5.74, 6) is 0. The standard InChI is InChI=1S/C15H28N4/c1-18-9-5-3-4-6-10-19(2)14-7-8-15(17)13(11-14)12-16/h7-8,11,18H,3-6,9-10,12,16-17H2,1-2H3. The van der Waals surface area contributed by atoms with Crippen molar-refractivity contribution in [3.05, 3.63) is 23.8 Å². The van der Waals surface area contributed by atoms with Crippen LogP contribution in [0.15, 0.2) is 18.2 Å². The third-order valence-electron chi connectivity index (χ3n) is 3.46. The maximum atomic E-state index is 5.86. The lowest BCUT2D eigenvalue weighted by atomic mass is 10.1. The molecule has 0 saturated carbocycles. The van der Waals surface area contributed by atoms with Gasteiger partial charge >= 0.3 is 0 Å². The number of unbranched alkanes of at least 4 members (excludes halogenated alkanes) is 3. The third kappa shape index (κ3) is 5.49. The average molecular weight is 264 g/mol. The van der Waals surface area contributed by atoms with E-state index in [2.05, 4.69) is 29.4 Å². The minimum Gasteiger partial charge on any atom is -0.398 e. The Kier molecular flexibility index (Phi) is 7.30. The molecule has 0 radical (unpaired) electrons. The molecule has 0 bridgehead atoms. The fourth-order valence-electron chi connectivity index (χ4n) is 2.14. The van der Waals surface area contributed by atoms with Crippen molar-refractivity contribution in [1.82, 2.24) is 5.32 Å². The van der Waals surface area contributed by atoms with Crippen molar-refractivity contribution in [2.24, 2.45) is 5.73 Å². The zero-order valence-corrected chi connectivity index (χ0v) is 12.3. The van der Waals surface area contributed by atoms with Crippen LogP contribution < -0.4 is 21.7 Å². The summed E-state index contributed by atoms with van der Waals surface area (Å²) in [5.41, 5.74) is 14.6. The minimum atomic E-state index is 0.498. The molecule has 1 rings (SSSR count). The SMILES string of the molecule is CNCCCCCCN(C)c1ccc(N)c(CN)c1. The number of nitrogens with zero attached hydrogens (tertiary/aromatic N) is 1. The quantitative estimate of drug-likeness (QED) is 0.471. The summed E-state index contributed by atoms with van der Waals surface area (Å²) < 4.78 is 0. The molecule has 4 nitrogen and oxygen atoms in total. The van der Waals surface area contributed by atoms with E-state index >= 15 is 0 Å². The summed E-state index contributed by atoms with van der Waals surface area (Å²) in [6.07, 6.45) is 5.07. The number of nitrogens with one attached hydrogen (secondary N) is 1. The van der Waals surface area contributed by atoms with Gasteiger partial charge in [0.25, 0.3) is 0 Å². The predicted octanol–water partition coefficient (Wildman–Crippen LogP) is 1.94. The van der Waals surface area contributed by atoms with Crippen LogP contribution in [0.25, 0.3) is 0 Å². The third-order valence-corrected chi connectivity index (χ3v) is 3.46. The molecule has 1 aromatic carbocycles. The van der Waals surface area contributed by atoms with Crippen molar-refractivity contribution in [2.45, 2.75) is 32.2 Å². The van der Waals surface area contributed by atoms with Gasteiger partial charge in [0.1, 0.15) is 0 Å². The summed E-state index contributed by atoms with van der Waals surface area (Å²) in [6.45, 7) is 2.69. The van der Waals surface area contributed by atoms with Crippen molar-refractivity contribution in [3.63, 3.8) is 0 Å². The summed E-state index contributed by atoms with van der Waals surface area (Å²) in [5, 5.41) is 3.18. The molecule has 19 heavy (non-hydrogen) atoms. The molecular formula is C15H28N4. The maximum absolute atomic E-state index is 5.86. The summed E-state index contributed by atoms with van der Waals surface area (Å²) in [6, 6.07) is 6.10. The maximum Gasteiger partial charge on any atom is 0.0368 e. The van der Waals surface area contributed by atoms with E-state index in [9.17, 15) is 0 Å². The van der Waals surface area contributed by atoms with Crippen molar-refractivity contribution in [3.8, 4) is 0 Å². The molecule has 0 saturated heterocycles. The van der Waals surface area contributed by atoms with Crippen molar-refractivity contribution in [1.29, 1.82) is 0 Å². The zero-order chi connectivity index (χ0) is 14.1. The molecule has 0 fully saturated rings. The fourth-order valence-corrected chi connectivity index (χ4v) is 2.14. The molecule has 0 heterocycles. The molecule has 0 amide bonds. The van der Waals surface area contributed by atoms with E-state index in [4.69, 9.17) is 11.5 Å². The summed E-state index contributed by atoms with van der Waals surface area (Å²) in [7, 11) is 4.13. The molecule has 1 aromatic rings. The van der Waals surface area contributed by atoms with Crippen LogP contribution in [0, 0.1) is 0 Å². The van der Waals surface area contributed by atoms with Gasteiger partial charge in [0.05, 0.1) is 0 Å². The van der Waals surface area contributed by atoms with E-state index in [0.717, 1.165) is 24.3 Å². The van der Waals surface area contributed by atoms with Gasteiger partial charge in [-0.25, -0.2) is 0 Å². The number of nitrogen functional groups attached to an aromatic ring is 1. The van der Waals surface area contributed by atoms with Gasteiger partial charge in [-0.3, -0.25) is 0 Å². The van der Waals surface area contributed by atoms with E-state index < -0.39 is 0 Å². The zero-order valence-electron chi connectivity index (χ0n) is 12.3. The van der Waals surface area contributed by atoms with E-state index in [1.165, 1.54) is 31.4 Å². The van der Waals surface area contributed by atoms with Crippen LogP contribution in [0.2, 0.25) is 0 Å². The van der Waals surface area contributed by atoms with Gasteiger partial charge in [0, 0.05) is 31.5 Å². The monoisotopic (exact) mass is 264 g/mol. The lowest BCUT2D eigenvalue weighted by Gasteiger charge is -2.20. The second kappa shape index (κ2) is 8.77. The van der Waals surface area contributed by atoms with E-state index in [1.54, 1.807) is 0 Å². The minimum absolute atomic E-state index is 0.498. The highest BCUT2D eigenvalue weighted by atomic mass is 15.1. The summed E-state index contributed by atoms with van der Waals surface area (Å²) >= 11 is 0. The highest BCUT2D eigenvalue weighted by molar-refractivity contribution is 5.58. The molecule has 108 valence electrons. The number of hydrogen-bond acceptors (Lipinski definition) is 4. The lowest BCUT2D eigenvalue weighted by Crippen LogP contribution is -2.19. The Bertz CT molecular complexity index is 365. The van der Waals surface area contributed by atoms with Crippen LogP contribution in [0.1, 0.15) is 31.2 Å². The van der Waals surface area contributed by atoms with Gasteiger partial charge < -0.3 is 21.7 Å². The first-order valence-corrected chi connectivity index (χ1v) is 7.13. The Hall–Kier alpha value is -1.26. The van der Waals surface area contributed by atoms with Crippen LogP contribution in [-0.2, 0) is 6.54 Å². The Balaban J connectivity index is 2.34. The average Bonchev–Trinajstić information content (AvgIpc) is 2.43. The highest BCUT2D eigenvalue weighted by Gasteiger charge is 2.04. The van der Waals surface area contributed by atoms with Crippen molar-refractivity contribution >= 4 is 11.4 Å². The Morgan fingerprint density at radius 2 is 1.89 bits per heavy atom. The normalized spacial score (nSPS) is 10.7. The highest BCUT2D eigenvalue weighted by Crippen LogP contribution is 2.20. The van der Waals surface area contributed by atoms with E-state index in [0.29, 0.717) is 6.54 Å². The lowest BCUT2D eigenvalue weighted by molar-refractivity contribution is 0.615. The van der Waals surface area contributed by atoms with Crippen LogP contribution in [-0.4, -0.2) is 27.2 Å². The summed E-state index contributed by atoms with van der Waals surface area (Å²) in [4.78, 5) is 2.27. The van der Waals surface area contributed by atoms with Crippen molar-refractivity contribution < 1.29 is 0 Å². The van der Waals surface area contributed by atoms with Crippen LogP contribution >= 0.6 is 0 Å². The molecule has 0 aliphatic rings. The second-order valence-electron chi connectivity index (χ2n) is 5.03. The van der Waals surface area contributed by atoms with Gasteiger partial charge in [0.2, 0.25) is 0 Å². The van der Waals surface area contributed by atoms with Gasteiger partial charge in [-0.2, -0.15) is 0 Å². The van der Waals surface area contributed by atoms with Crippen molar-refractivity contribution in [2.75, 3.05) is 37.8 Å². The molecule has 0 aliphatic carbocycles. The number of hydrogen-bond donors (Lipinski definition) is 3. The number of benzene rings is 1. The van der Waals surface area contributed by atoms with E-state index in [1.807, 2.05) is 13.1 Å². The number of nitrogens with two attached hydrogens (primary N) is 2. The molecule has 5 N–H and O–H groups in total. The smallest absolute Gasteiger partial charge is 0.0368 e. The fraction of sp³-hybridized carbons (Fsp3) is 0.600. The Morgan fingerprint density at radius 1 is 1.16 bits per heavy atom. The number of anilines is 2. The molecule has 0 spiro atoms. The Morgan fingerprint density at radius 3 is 2.58 bits per heavy atom. The van der Waals surface area contributed by atoms with Gasteiger partial charge in [0.15, 0.2) is 0 Å². The van der Waals surface area contributed by atoms with Gasteiger partial charge in [-0.1, -0.05) is 12.8 Å². The second-order valence-corrected chi connectivity index (χ2v) is 5.03. The molecule has 0 aromatic heterocycles. The van der Waals surface area contributed by atoms with E-state index in [-0.39, 0.29) is 0 Å². The Labute approximate surface area is 117 Å². The number of rotatable bonds is 9. The molecule has 0 atom stereocenters.